The van der Waals surface area contributed by atoms with Crippen LogP contribution in [-0.4, -0.2) is 6.29 Å². The fourth-order valence-corrected chi connectivity index (χ4v) is 1.92. The predicted octanol–water partition coefficient (Wildman–Crippen LogP) is 3.20. The van der Waals surface area contributed by atoms with E-state index in [0.717, 1.165) is 19.1 Å². The largest absolute Gasteiger partial charge is 0.303 e. The summed E-state index contributed by atoms with van der Waals surface area (Å²) in [5.41, 5.74) is 1.58. The lowest BCUT2D eigenvalue weighted by Crippen LogP contribution is -2.30. The van der Waals surface area contributed by atoms with Gasteiger partial charge >= 0.3 is 0 Å². The van der Waals surface area contributed by atoms with Gasteiger partial charge in [0.25, 0.3) is 0 Å². The first-order chi connectivity index (χ1) is 5.99. The van der Waals surface area contributed by atoms with E-state index in [0.29, 0.717) is 11.3 Å². The Balaban J connectivity index is 2.83. The second-order valence-corrected chi connectivity index (χ2v) is 4.91. The lowest BCUT2D eigenvalue weighted by atomic mass is 9.66. The maximum atomic E-state index is 10.8. The third kappa shape index (κ3) is 2.01. The summed E-state index contributed by atoms with van der Waals surface area (Å²) in [6, 6.07) is 0. The summed E-state index contributed by atoms with van der Waals surface area (Å²) in [4.78, 5) is 10.8. The van der Waals surface area contributed by atoms with Crippen molar-refractivity contribution in [1.29, 1.82) is 0 Å². The van der Waals surface area contributed by atoms with Gasteiger partial charge in [0.1, 0.15) is 6.29 Å². The number of aldehydes is 1. The third-order valence-corrected chi connectivity index (χ3v) is 3.72. The molecule has 0 saturated heterocycles. The first-order valence-corrected chi connectivity index (χ1v) is 5.11. The molecule has 0 bridgehead atoms. The van der Waals surface area contributed by atoms with Crippen molar-refractivity contribution in [1.82, 2.24) is 0 Å². The van der Waals surface area contributed by atoms with Crippen LogP contribution in [0.4, 0.5) is 0 Å². The highest BCUT2D eigenvalue weighted by Crippen LogP contribution is 2.42. The van der Waals surface area contributed by atoms with Gasteiger partial charge in [-0.25, -0.2) is 0 Å². The van der Waals surface area contributed by atoms with Crippen LogP contribution in [0.2, 0.25) is 0 Å². The van der Waals surface area contributed by atoms with Crippen LogP contribution in [0.15, 0.2) is 11.6 Å². The van der Waals surface area contributed by atoms with E-state index in [1.807, 2.05) is 0 Å². The number of rotatable bonds is 2. The van der Waals surface area contributed by atoms with Gasteiger partial charge in [0, 0.05) is 5.92 Å². The number of allylic oxidation sites excluding steroid dienone is 2. The average molecular weight is 180 g/mol. The summed E-state index contributed by atoms with van der Waals surface area (Å²) in [7, 11) is 0. The molecule has 1 unspecified atom stereocenters. The van der Waals surface area contributed by atoms with Gasteiger partial charge < -0.3 is 4.79 Å². The molecule has 0 N–H and O–H groups in total. The van der Waals surface area contributed by atoms with Crippen molar-refractivity contribution in [2.75, 3.05) is 0 Å². The summed E-state index contributed by atoms with van der Waals surface area (Å²) in [5, 5.41) is 0. The van der Waals surface area contributed by atoms with Gasteiger partial charge in [0.2, 0.25) is 0 Å². The summed E-state index contributed by atoms with van der Waals surface area (Å²) >= 11 is 0. The van der Waals surface area contributed by atoms with Crippen molar-refractivity contribution >= 4 is 6.29 Å². The highest BCUT2D eigenvalue weighted by molar-refractivity contribution is 5.59. The first-order valence-electron chi connectivity index (χ1n) is 5.11. The molecule has 2 atom stereocenters. The molecule has 13 heavy (non-hydrogen) atoms. The van der Waals surface area contributed by atoms with E-state index >= 15 is 0 Å². The summed E-state index contributed by atoms with van der Waals surface area (Å²) in [6.07, 6.45) is 5.49. The zero-order chi connectivity index (χ0) is 10.1. The first kappa shape index (κ1) is 10.5. The Kier molecular flexibility index (Phi) is 2.94. The Labute approximate surface area is 81.2 Å². The Morgan fingerprint density at radius 1 is 1.62 bits per heavy atom. The van der Waals surface area contributed by atoms with Gasteiger partial charge in [-0.15, -0.1) is 0 Å². The van der Waals surface area contributed by atoms with Crippen molar-refractivity contribution in [3.05, 3.63) is 11.6 Å². The predicted molar refractivity (Wildman–Crippen MR) is 55.5 cm³/mol. The minimum absolute atomic E-state index is 0.168. The molecule has 0 radical (unpaired) electrons. The summed E-state index contributed by atoms with van der Waals surface area (Å²) in [5.74, 6) is 0.820. The topological polar surface area (TPSA) is 17.1 Å². The zero-order valence-electron chi connectivity index (χ0n) is 9.13. The van der Waals surface area contributed by atoms with Crippen LogP contribution in [0.3, 0.4) is 0 Å². The molecule has 0 aromatic heterocycles. The quantitative estimate of drug-likeness (QED) is 0.471. The lowest BCUT2D eigenvalue weighted by Gasteiger charge is -2.38. The standard InChI is InChI=1S/C12H20O/c1-9(2)12(4)6-5-10(3)11(7-12)8-13/h5,8-9,11H,6-7H2,1-4H3/t11?,12-/m0/s1. The summed E-state index contributed by atoms with van der Waals surface area (Å²) in [6.45, 7) is 8.85. The van der Waals surface area contributed by atoms with E-state index in [1.54, 1.807) is 0 Å². The van der Waals surface area contributed by atoms with E-state index in [9.17, 15) is 4.79 Å². The fourth-order valence-electron chi connectivity index (χ4n) is 1.92. The molecule has 0 fully saturated rings. The Bertz CT molecular complexity index is 227. The molecular weight excluding hydrogens is 160 g/mol. The van der Waals surface area contributed by atoms with Crippen molar-refractivity contribution in [3.8, 4) is 0 Å². The molecule has 1 rings (SSSR count). The highest BCUT2D eigenvalue weighted by Gasteiger charge is 2.33. The van der Waals surface area contributed by atoms with Gasteiger partial charge in [-0.3, -0.25) is 0 Å². The van der Waals surface area contributed by atoms with Crippen molar-refractivity contribution < 1.29 is 4.79 Å². The molecule has 1 heteroatoms. The molecule has 0 aromatic rings. The van der Waals surface area contributed by atoms with Crippen LogP contribution in [-0.2, 0) is 4.79 Å². The number of hydrogen-bond acceptors (Lipinski definition) is 1. The van der Waals surface area contributed by atoms with E-state index in [1.165, 1.54) is 5.57 Å². The number of carbonyl (C=O) groups excluding carboxylic acids is 1. The van der Waals surface area contributed by atoms with Crippen LogP contribution in [0.25, 0.3) is 0 Å². The maximum Gasteiger partial charge on any atom is 0.127 e. The second kappa shape index (κ2) is 3.65. The maximum absolute atomic E-state index is 10.8. The molecule has 0 aliphatic heterocycles. The molecule has 1 aliphatic rings. The zero-order valence-corrected chi connectivity index (χ0v) is 9.13. The van der Waals surface area contributed by atoms with Crippen molar-refractivity contribution in [3.63, 3.8) is 0 Å². The van der Waals surface area contributed by atoms with Crippen LogP contribution < -0.4 is 0 Å². The highest BCUT2D eigenvalue weighted by atomic mass is 16.1. The van der Waals surface area contributed by atoms with Gasteiger partial charge in [-0.1, -0.05) is 32.4 Å². The summed E-state index contributed by atoms with van der Waals surface area (Å²) < 4.78 is 0. The smallest absolute Gasteiger partial charge is 0.127 e. The number of carbonyl (C=O) groups is 1. The molecule has 1 aliphatic carbocycles. The van der Waals surface area contributed by atoms with Crippen LogP contribution in [0.5, 0.6) is 0 Å². The number of hydrogen-bond donors (Lipinski definition) is 0. The van der Waals surface area contributed by atoms with Gasteiger partial charge in [-0.2, -0.15) is 0 Å². The minimum Gasteiger partial charge on any atom is -0.303 e. The molecule has 0 heterocycles. The molecule has 0 spiro atoms. The van der Waals surface area contributed by atoms with Gasteiger partial charge in [-0.05, 0) is 31.1 Å². The normalized spacial score (nSPS) is 34.5. The van der Waals surface area contributed by atoms with Gasteiger partial charge in [0.15, 0.2) is 0 Å². The van der Waals surface area contributed by atoms with Crippen LogP contribution in [0.1, 0.15) is 40.5 Å². The molecule has 0 saturated carbocycles. The molecule has 0 aromatic carbocycles. The molecule has 74 valence electrons. The molecular formula is C12H20O. The van der Waals surface area contributed by atoms with E-state index in [4.69, 9.17) is 0 Å². The van der Waals surface area contributed by atoms with Crippen molar-refractivity contribution in [2.24, 2.45) is 17.3 Å². The minimum atomic E-state index is 0.168. The SMILES string of the molecule is CC1=CC[C@](C)(C(C)C)CC1C=O. The Hall–Kier alpha value is -0.590. The molecule has 0 amide bonds. The average Bonchev–Trinajstić information content (AvgIpc) is 2.09. The van der Waals surface area contributed by atoms with Crippen LogP contribution >= 0.6 is 0 Å². The van der Waals surface area contributed by atoms with Gasteiger partial charge in [0.05, 0.1) is 0 Å². The van der Waals surface area contributed by atoms with Crippen molar-refractivity contribution in [2.45, 2.75) is 40.5 Å². The van der Waals surface area contributed by atoms with E-state index in [-0.39, 0.29) is 5.92 Å². The molecule has 1 nitrogen and oxygen atoms in total. The van der Waals surface area contributed by atoms with E-state index in [2.05, 4.69) is 33.8 Å². The third-order valence-electron chi connectivity index (χ3n) is 3.72. The Morgan fingerprint density at radius 3 is 2.69 bits per heavy atom. The van der Waals surface area contributed by atoms with Crippen LogP contribution in [0, 0.1) is 17.3 Å². The second-order valence-electron chi connectivity index (χ2n) is 4.91. The lowest BCUT2D eigenvalue weighted by molar-refractivity contribution is -0.111. The monoisotopic (exact) mass is 180 g/mol. The van der Waals surface area contributed by atoms with E-state index < -0.39 is 0 Å². The fraction of sp³-hybridized carbons (Fsp3) is 0.750. The Morgan fingerprint density at radius 2 is 2.23 bits per heavy atom.